The second kappa shape index (κ2) is 5.44. The summed E-state index contributed by atoms with van der Waals surface area (Å²) in [7, 11) is -0.687. The average Bonchev–Trinajstić information content (AvgIpc) is 2.07. The molecule has 0 heterocycles. The molecule has 1 fully saturated rings. The van der Waals surface area contributed by atoms with Crippen molar-refractivity contribution in [2.45, 2.75) is 58.5 Å². The standard InChI is InChI=1S/C12H25NOS/c1-10(9-15(4)14)13-11-7-5-6-8-12(11,2)3/h10-11,13H,5-9H2,1-4H3. The van der Waals surface area contributed by atoms with Gasteiger partial charge < -0.3 is 5.32 Å². The van der Waals surface area contributed by atoms with Crippen molar-refractivity contribution < 1.29 is 4.21 Å². The molecule has 0 bridgehead atoms. The minimum absolute atomic E-state index is 0.373. The van der Waals surface area contributed by atoms with Crippen LogP contribution in [0.1, 0.15) is 46.5 Å². The summed E-state index contributed by atoms with van der Waals surface area (Å²) >= 11 is 0. The molecular formula is C12H25NOS. The van der Waals surface area contributed by atoms with Crippen molar-refractivity contribution in [3.8, 4) is 0 Å². The highest BCUT2D eigenvalue weighted by Gasteiger charge is 2.32. The molecule has 3 atom stereocenters. The highest BCUT2D eigenvalue weighted by atomic mass is 32.2. The summed E-state index contributed by atoms with van der Waals surface area (Å²) in [6, 6.07) is 0.975. The molecule has 15 heavy (non-hydrogen) atoms. The molecule has 3 unspecified atom stereocenters. The Morgan fingerprint density at radius 3 is 2.67 bits per heavy atom. The van der Waals surface area contributed by atoms with Gasteiger partial charge in [0.1, 0.15) is 0 Å². The van der Waals surface area contributed by atoms with Crippen LogP contribution < -0.4 is 5.32 Å². The minimum Gasteiger partial charge on any atom is -0.310 e. The zero-order chi connectivity index (χ0) is 11.5. The van der Waals surface area contributed by atoms with Crippen LogP contribution in [0, 0.1) is 5.41 Å². The van der Waals surface area contributed by atoms with Gasteiger partial charge in [0.25, 0.3) is 0 Å². The average molecular weight is 231 g/mol. The third-order valence-corrected chi connectivity index (χ3v) is 4.45. The lowest BCUT2D eigenvalue weighted by molar-refractivity contribution is 0.160. The molecule has 0 spiro atoms. The maximum atomic E-state index is 11.1. The van der Waals surface area contributed by atoms with Crippen molar-refractivity contribution in [3.63, 3.8) is 0 Å². The summed E-state index contributed by atoms with van der Waals surface area (Å²) < 4.78 is 11.1. The number of hydrogen-bond acceptors (Lipinski definition) is 2. The Kier molecular flexibility index (Phi) is 4.78. The van der Waals surface area contributed by atoms with E-state index in [2.05, 4.69) is 26.1 Å². The molecule has 0 aromatic carbocycles. The minimum atomic E-state index is -0.687. The van der Waals surface area contributed by atoms with Crippen LogP contribution in [0.4, 0.5) is 0 Å². The maximum absolute atomic E-state index is 11.1. The van der Waals surface area contributed by atoms with E-state index in [1.807, 2.05) is 0 Å². The van der Waals surface area contributed by atoms with Gasteiger partial charge in [-0.25, -0.2) is 0 Å². The van der Waals surface area contributed by atoms with Gasteiger partial charge in [-0.3, -0.25) is 4.21 Å². The van der Waals surface area contributed by atoms with Crippen LogP contribution in [0.25, 0.3) is 0 Å². The summed E-state index contributed by atoms with van der Waals surface area (Å²) in [5, 5.41) is 3.65. The predicted octanol–water partition coefficient (Wildman–Crippen LogP) is 2.31. The molecule has 3 heteroatoms. The first-order chi connectivity index (χ1) is 6.92. The topological polar surface area (TPSA) is 29.1 Å². The molecule has 0 radical (unpaired) electrons. The smallest absolute Gasteiger partial charge is 0.0383 e. The molecule has 1 aliphatic rings. The Bertz CT molecular complexity index is 228. The highest BCUT2D eigenvalue weighted by Crippen LogP contribution is 2.35. The van der Waals surface area contributed by atoms with E-state index in [4.69, 9.17) is 0 Å². The molecule has 0 saturated heterocycles. The van der Waals surface area contributed by atoms with Gasteiger partial charge in [0, 0.05) is 34.9 Å². The van der Waals surface area contributed by atoms with Crippen molar-refractivity contribution in [1.82, 2.24) is 5.32 Å². The van der Waals surface area contributed by atoms with Crippen molar-refractivity contribution in [2.24, 2.45) is 5.41 Å². The lowest BCUT2D eigenvalue weighted by Gasteiger charge is -2.40. The van der Waals surface area contributed by atoms with Crippen LogP contribution in [-0.2, 0) is 10.8 Å². The first kappa shape index (κ1) is 13.2. The summed E-state index contributed by atoms with van der Waals surface area (Å²) in [6.07, 6.45) is 7.06. The lowest BCUT2D eigenvalue weighted by Crippen LogP contribution is -2.49. The number of hydrogen-bond donors (Lipinski definition) is 1. The fourth-order valence-corrected chi connectivity index (χ4v) is 3.35. The largest absolute Gasteiger partial charge is 0.310 e. The van der Waals surface area contributed by atoms with E-state index in [9.17, 15) is 4.21 Å². The Morgan fingerprint density at radius 1 is 1.47 bits per heavy atom. The van der Waals surface area contributed by atoms with Gasteiger partial charge in [0.15, 0.2) is 0 Å². The summed E-state index contributed by atoms with van der Waals surface area (Å²) in [5.41, 5.74) is 0.405. The van der Waals surface area contributed by atoms with Gasteiger partial charge in [0.2, 0.25) is 0 Å². The molecule has 0 aromatic heterocycles. The monoisotopic (exact) mass is 231 g/mol. The van der Waals surface area contributed by atoms with E-state index in [1.165, 1.54) is 25.7 Å². The fraction of sp³-hybridized carbons (Fsp3) is 1.00. The second-order valence-electron chi connectivity index (χ2n) is 5.59. The van der Waals surface area contributed by atoms with Gasteiger partial charge in [-0.1, -0.05) is 26.7 Å². The molecule has 1 aliphatic carbocycles. The summed E-state index contributed by atoms with van der Waals surface area (Å²) in [4.78, 5) is 0. The van der Waals surface area contributed by atoms with E-state index in [1.54, 1.807) is 6.26 Å². The third-order valence-electron chi connectivity index (χ3n) is 3.48. The fourth-order valence-electron chi connectivity index (χ4n) is 2.55. The molecule has 1 saturated carbocycles. The van der Waals surface area contributed by atoms with Crippen LogP contribution in [0.3, 0.4) is 0 Å². The highest BCUT2D eigenvalue weighted by molar-refractivity contribution is 7.84. The molecule has 0 aromatic rings. The lowest BCUT2D eigenvalue weighted by atomic mass is 9.73. The third kappa shape index (κ3) is 4.23. The van der Waals surface area contributed by atoms with E-state index >= 15 is 0 Å². The van der Waals surface area contributed by atoms with Crippen LogP contribution in [0.5, 0.6) is 0 Å². The van der Waals surface area contributed by atoms with Crippen molar-refractivity contribution in [1.29, 1.82) is 0 Å². The van der Waals surface area contributed by atoms with Gasteiger partial charge in [-0.05, 0) is 25.2 Å². The van der Waals surface area contributed by atoms with Crippen molar-refractivity contribution in [3.05, 3.63) is 0 Å². The van der Waals surface area contributed by atoms with E-state index in [-0.39, 0.29) is 0 Å². The molecule has 0 aliphatic heterocycles. The predicted molar refractivity (Wildman–Crippen MR) is 67.6 cm³/mol. The Hall–Kier alpha value is 0.110. The van der Waals surface area contributed by atoms with Crippen LogP contribution in [0.15, 0.2) is 0 Å². The summed E-state index contributed by atoms with van der Waals surface area (Å²) in [6.45, 7) is 6.84. The Balaban J connectivity index is 2.45. The summed E-state index contributed by atoms with van der Waals surface area (Å²) in [5.74, 6) is 0.770. The Labute approximate surface area is 96.7 Å². The van der Waals surface area contributed by atoms with Crippen LogP contribution >= 0.6 is 0 Å². The first-order valence-corrected chi connectivity index (χ1v) is 7.70. The zero-order valence-electron chi connectivity index (χ0n) is 10.5. The van der Waals surface area contributed by atoms with E-state index in [0.717, 1.165) is 5.75 Å². The van der Waals surface area contributed by atoms with Gasteiger partial charge in [-0.15, -0.1) is 0 Å². The molecule has 0 amide bonds. The quantitative estimate of drug-likeness (QED) is 0.804. The van der Waals surface area contributed by atoms with Gasteiger partial charge in [-0.2, -0.15) is 0 Å². The molecule has 90 valence electrons. The number of rotatable bonds is 4. The number of nitrogens with one attached hydrogen (secondary N) is 1. The van der Waals surface area contributed by atoms with Crippen LogP contribution in [-0.4, -0.2) is 28.3 Å². The second-order valence-corrected chi connectivity index (χ2v) is 7.07. The van der Waals surface area contributed by atoms with Crippen molar-refractivity contribution in [2.75, 3.05) is 12.0 Å². The molecule has 2 nitrogen and oxygen atoms in total. The van der Waals surface area contributed by atoms with Gasteiger partial charge >= 0.3 is 0 Å². The zero-order valence-corrected chi connectivity index (χ0v) is 11.3. The molecule has 1 rings (SSSR count). The van der Waals surface area contributed by atoms with Crippen molar-refractivity contribution >= 4 is 10.8 Å². The Morgan fingerprint density at radius 2 is 2.13 bits per heavy atom. The van der Waals surface area contributed by atoms with Gasteiger partial charge in [0.05, 0.1) is 0 Å². The van der Waals surface area contributed by atoms with E-state index in [0.29, 0.717) is 17.5 Å². The maximum Gasteiger partial charge on any atom is 0.0383 e. The SMILES string of the molecule is CC(CS(C)=O)NC1CCCCC1(C)C. The van der Waals surface area contributed by atoms with Crippen LogP contribution in [0.2, 0.25) is 0 Å². The first-order valence-electron chi connectivity index (χ1n) is 5.98. The molecule has 1 N–H and O–H groups in total. The normalized spacial score (nSPS) is 29.7. The molecular weight excluding hydrogens is 206 g/mol. The van der Waals surface area contributed by atoms with E-state index < -0.39 is 10.8 Å².